The number of carbonyl (C=O) groups is 2. The fourth-order valence-corrected chi connectivity index (χ4v) is 2.77. The fourth-order valence-electron chi connectivity index (χ4n) is 2.77. The van der Waals surface area contributed by atoms with E-state index >= 15 is 0 Å². The molecule has 1 aromatic carbocycles. The Morgan fingerprint density at radius 3 is 2.73 bits per heavy atom. The van der Waals surface area contributed by atoms with Crippen molar-refractivity contribution in [3.63, 3.8) is 0 Å². The van der Waals surface area contributed by atoms with Crippen molar-refractivity contribution < 1.29 is 19.4 Å². The van der Waals surface area contributed by atoms with E-state index in [0.29, 0.717) is 18.7 Å². The van der Waals surface area contributed by atoms with Crippen LogP contribution in [0, 0.1) is 0 Å². The molecule has 0 unspecified atom stereocenters. The fraction of sp³-hybridized carbons (Fsp3) is 0.529. The molecule has 120 valence electrons. The summed E-state index contributed by atoms with van der Waals surface area (Å²) in [6.07, 6.45) is 2.45. The van der Waals surface area contributed by atoms with Gasteiger partial charge in [0.25, 0.3) is 0 Å². The van der Waals surface area contributed by atoms with Gasteiger partial charge in [-0.3, -0.25) is 4.79 Å². The quantitative estimate of drug-likeness (QED) is 0.907. The maximum atomic E-state index is 12.5. The molecule has 1 aliphatic heterocycles. The van der Waals surface area contributed by atoms with Gasteiger partial charge in [0, 0.05) is 12.1 Å². The lowest BCUT2D eigenvalue weighted by Gasteiger charge is -2.33. The molecular formula is C17H23NO4. The number of para-hydroxylation sites is 1. The Hall–Kier alpha value is -2.04. The second-order valence-electron chi connectivity index (χ2n) is 5.89. The highest BCUT2D eigenvalue weighted by Gasteiger charge is 2.32. The lowest BCUT2D eigenvalue weighted by atomic mass is 10.0. The molecule has 2 rings (SSSR count). The van der Waals surface area contributed by atoms with Crippen molar-refractivity contribution in [3.8, 4) is 5.75 Å². The highest BCUT2D eigenvalue weighted by molar-refractivity contribution is 5.85. The number of rotatable bonds is 5. The summed E-state index contributed by atoms with van der Waals surface area (Å²) in [7, 11) is 0. The molecule has 1 heterocycles. The molecule has 1 N–H and O–H groups in total. The third kappa shape index (κ3) is 4.00. The van der Waals surface area contributed by atoms with Crippen LogP contribution in [0.1, 0.15) is 38.7 Å². The number of hydrogen-bond acceptors (Lipinski definition) is 3. The zero-order chi connectivity index (χ0) is 16.1. The van der Waals surface area contributed by atoms with Crippen LogP contribution < -0.4 is 4.74 Å². The van der Waals surface area contributed by atoms with Gasteiger partial charge in [-0.15, -0.1) is 0 Å². The van der Waals surface area contributed by atoms with Gasteiger partial charge < -0.3 is 14.7 Å². The van der Waals surface area contributed by atoms with E-state index in [-0.39, 0.29) is 18.4 Å². The number of hydrogen-bond donors (Lipinski definition) is 1. The zero-order valence-electron chi connectivity index (χ0n) is 13.1. The van der Waals surface area contributed by atoms with Crippen molar-refractivity contribution in [2.75, 3.05) is 6.54 Å². The zero-order valence-corrected chi connectivity index (χ0v) is 13.1. The first-order valence-corrected chi connectivity index (χ1v) is 7.76. The maximum Gasteiger partial charge on any atom is 0.326 e. The molecule has 1 atom stereocenters. The summed E-state index contributed by atoms with van der Waals surface area (Å²) in [6.45, 7) is 4.39. The third-order valence-electron chi connectivity index (χ3n) is 3.79. The second-order valence-corrected chi connectivity index (χ2v) is 5.89. The maximum absolute atomic E-state index is 12.5. The van der Waals surface area contributed by atoms with Gasteiger partial charge >= 0.3 is 5.97 Å². The molecular weight excluding hydrogens is 282 g/mol. The van der Waals surface area contributed by atoms with Crippen LogP contribution in [0.3, 0.4) is 0 Å². The van der Waals surface area contributed by atoms with Crippen LogP contribution in [0.15, 0.2) is 24.3 Å². The number of aliphatic carboxylic acids is 1. The molecule has 0 aromatic heterocycles. The van der Waals surface area contributed by atoms with Crippen LogP contribution in [-0.4, -0.2) is 40.6 Å². The molecule has 1 saturated heterocycles. The minimum atomic E-state index is -0.917. The van der Waals surface area contributed by atoms with Gasteiger partial charge in [0.15, 0.2) is 0 Å². The van der Waals surface area contributed by atoms with Crippen LogP contribution in [0.25, 0.3) is 0 Å². The van der Waals surface area contributed by atoms with E-state index in [4.69, 9.17) is 4.74 Å². The summed E-state index contributed by atoms with van der Waals surface area (Å²) in [6, 6.07) is 6.73. The van der Waals surface area contributed by atoms with Crippen LogP contribution in [-0.2, 0) is 16.0 Å². The number of likely N-dealkylation sites (tertiary alicyclic amines) is 1. The van der Waals surface area contributed by atoms with Crippen molar-refractivity contribution in [2.45, 2.75) is 51.7 Å². The molecule has 5 heteroatoms. The van der Waals surface area contributed by atoms with E-state index in [1.54, 1.807) is 0 Å². The van der Waals surface area contributed by atoms with Gasteiger partial charge in [-0.2, -0.15) is 0 Å². The average molecular weight is 305 g/mol. The predicted molar refractivity (Wildman–Crippen MR) is 82.9 cm³/mol. The number of amides is 1. The summed E-state index contributed by atoms with van der Waals surface area (Å²) in [5, 5.41) is 9.28. The number of carboxylic acids is 1. The molecule has 0 saturated carbocycles. The Balaban J connectivity index is 2.12. The van der Waals surface area contributed by atoms with Crippen LogP contribution in [0.5, 0.6) is 5.75 Å². The van der Waals surface area contributed by atoms with Crippen molar-refractivity contribution in [1.29, 1.82) is 0 Å². The normalized spacial score (nSPS) is 18.3. The first-order valence-electron chi connectivity index (χ1n) is 7.76. The van der Waals surface area contributed by atoms with E-state index in [1.165, 1.54) is 4.90 Å². The van der Waals surface area contributed by atoms with Crippen LogP contribution in [0.4, 0.5) is 0 Å². The van der Waals surface area contributed by atoms with Crippen molar-refractivity contribution in [1.82, 2.24) is 4.90 Å². The van der Waals surface area contributed by atoms with E-state index in [2.05, 4.69) is 0 Å². The Morgan fingerprint density at radius 2 is 2.05 bits per heavy atom. The standard InChI is InChI=1S/C17H23NO4/c1-12(2)22-15-9-4-3-7-13(15)11-16(19)18-10-6-5-8-14(18)17(20)21/h3-4,7,9,12,14H,5-6,8,10-11H2,1-2H3,(H,20,21)/t14-/m0/s1. The molecule has 0 aliphatic carbocycles. The first-order chi connectivity index (χ1) is 10.5. The van der Waals surface area contributed by atoms with Gasteiger partial charge in [0.05, 0.1) is 12.5 Å². The molecule has 1 aromatic rings. The van der Waals surface area contributed by atoms with Gasteiger partial charge in [-0.25, -0.2) is 4.79 Å². The van der Waals surface area contributed by atoms with Gasteiger partial charge in [-0.05, 0) is 39.2 Å². The summed E-state index contributed by atoms with van der Waals surface area (Å²) < 4.78 is 5.72. The third-order valence-corrected chi connectivity index (χ3v) is 3.79. The second kappa shape index (κ2) is 7.29. The SMILES string of the molecule is CC(C)Oc1ccccc1CC(=O)N1CCCC[C@H]1C(=O)O. The number of benzene rings is 1. The highest BCUT2D eigenvalue weighted by Crippen LogP contribution is 2.23. The van der Waals surface area contributed by atoms with Crippen molar-refractivity contribution in [2.24, 2.45) is 0 Å². The van der Waals surface area contributed by atoms with Crippen LogP contribution >= 0.6 is 0 Å². The minimum absolute atomic E-state index is 0.0259. The minimum Gasteiger partial charge on any atom is -0.491 e. The number of carbonyl (C=O) groups excluding carboxylic acids is 1. The summed E-state index contributed by atoms with van der Waals surface area (Å²) in [4.78, 5) is 25.3. The van der Waals surface area contributed by atoms with Gasteiger partial charge in [0.1, 0.15) is 11.8 Å². The largest absolute Gasteiger partial charge is 0.491 e. The molecule has 0 radical (unpaired) electrons. The average Bonchev–Trinajstić information content (AvgIpc) is 2.48. The summed E-state index contributed by atoms with van der Waals surface area (Å²) in [5.41, 5.74) is 0.802. The lowest BCUT2D eigenvalue weighted by Crippen LogP contribution is -2.48. The number of carboxylic acid groups (broad SMARTS) is 1. The molecule has 5 nitrogen and oxygen atoms in total. The molecule has 0 spiro atoms. The number of piperidine rings is 1. The van der Waals surface area contributed by atoms with E-state index in [0.717, 1.165) is 18.4 Å². The smallest absolute Gasteiger partial charge is 0.326 e. The predicted octanol–water partition coefficient (Wildman–Crippen LogP) is 2.48. The van der Waals surface area contributed by atoms with Crippen LogP contribution in [0.2, 0.25) is 0 Å². The summed E-state index contributed by atoms with van der Waals surface area (Å²) in [5.74, 6) is -0.374. The van der Waals surface area contributed by atoms with Gasteiger partial charge in [-0.1, -0.05) is 18.2 Å². The first kappa shape index (κ1) is 16.3. The number of ether oxygens (including phenoxy) is 1. The van der Waals surface area contributed by atoms with Crippen molar-refractivity contribution in [3.05, 3.63) is 29.8 Å². The summed E-state index contributed by atoms with van der Waals surface area (Å²) >= 11 is 0. The number of nitrogens with zero attached hydrogens (tertiary/aromatic N) is 1. The molecule has 0 bridgehead atoms. The van der Waals surface area contributed by atoms with Gasteiger partial charge in [0.2, 0.25) is 5.91 Å². The Labute approximate surface area is 130 Å². The Kier molecular flexibility index (Phi) is 5.41. The topological polar surface area (TPSA) is 66.8 Å². The lowest BCUT2D eigenvalue weighted by molar-refractivity contribution is -0.151. The molecule has 22 heavy (non-hydrogen) atoms. The van der Waals surface area contributed by atoms with E-state index in [9.17, 15) is 14.7 Å². The van der Waals surface area contributed by atoms with Crippen molar-refractivity contribution >= 4 is 11.9 Å². The van der Waals surface area contributed by atoms with E-state index in [1.807, 2.05) is 38.1 Å². The molecule has 1 aliphatic rings. The highest BCUT2D eigenvalue weighted by atomic mass is 16.5. The monoisotopic (exact) mass is 305 g/mol. The molecule has 1 amide bonds. The Morgan fingerprint density at radius 1 is 1.32 bits per heavy atom. The van der Waals surface area contributed by atoms with E-state index < -0.39 is 12.0 Å². The Bertz CT molecular complexity index is 541. The molecule has 1 fully saturated rings.